The van der Waals surface area contributed by atoms with Gasteiger partial charge in [-0.05, 0) is 32.9 Å². The lowest BCUT2D eigenvalue weighted by molar-refractivity contribution is 0.215. The van der Waals surface area contributed by atoms with E-state index in [1.807, 2.05) is 0 Å². The fourth-order valence-corrected chi connectivity index (χ4v) is 1.80. The van der Waals surface area contributed by atoms with Crippen molar-refractivity contribution in [2.75, 3.05) is 26.2 Å². The zero-order valence-corrected chi connectivity index (χ0v) is 11.2. The number of nitrogens with one attached hydrogen (secondary N) is 1. The van der Waals surface area contributed by atoms with Crippen LogP contribution in [0.4, 0.5) is 0 Å². The van der Waals surface area contributed by atoms with Crippen LogP contribution in [0.2, 0.25) is 0 Å². The molecule has 0 aliphatic rings. The van der Waals surface area contributed by atoms with Crippen LogP contribution in [-0.4, -0.2) is 37.1 Å². The van der Waals surface area contributed by atoms with E-state index in [1.54, 1.807) is 0 Å². The lowest BCUT2D eigenvalue weighted by atomic mass is 10.2. The fourth-order valence-electron chi connectivity index (χ4n) is 1.80. The first kappa shape index (κ1) is 14.9. The van der Waals surface area contributed by atoms with Gasteiger partial charge in [0.05, 0.1) is 0 Å². The molecule has 0 bridgehead atoms. The number of rotatable bonds is 10. The second kappa shape index (κ2) is 10.4. The molecule has 0 heterocycles. The van der Waals surface area contributed by atoms with Gasteiger partial charge in [0.15, 0.2) is 0 Å². The molecule has 1 atom stereocenters. The van der Waals surface area contributed by atoms with Gasteiger partial charge in [0, 0.05) is 19.1 Å². The van der Waals surface area contributed by atoms with E-state index in [1.165, 1.54) is 45.3 Å². The molecule has 0 radical (unpaired) electrons. The molecule has 1 N–H and O–H groups in total. The highest BCUT2D eigenvalue weighted by Gasteiger charge is 2.08. The van der Waals surface area contributed by atoms with Gasteiger partial charge in [-0.3, -0.25) is 4.90 Å². The SMILES string of the molecule is CCCCCNCCN(CC)C(C)CC. The maximum absolute atomic E-state index is 3.52. The molecule has 0 rings (SSSR count). The van der Waals surface area contributed by atoms with Gasteiger partial charge in [-0.25, -0.2) is 0 Å². The van der Waals surface area contributed by atoms with E-state index in [2.05, 4.69) is 37.9 Å². The molecule has 0 amide bonds. The molecule has 0 aromatic carbocycles. The van der Waals surface area contributed by atoms with Gasteiger partial charge >= 0.3 is 0 Å². The van der Waals surface area contributed by atoms with Crippen molar-refractivity contribution in [3.8, 4) is 0 Å². The fraction of sp³-hybridized carbons (Fsp3) is 1.00. The summed E-state index contributed by atoms with van der Waals surface area (Å²) >= 11 is 0. The first-order valence-corrected chi connectivity index (χ1v) is 6.70. The summed E-state index contributed by atoms with van der Waals surface area (Å²) < 4.78 is 0. The number of hydrogen-bond acceptors (Lipinski definition) is 2. The Balaban J connectivity index is 3.38. The van der Waals surface area contributed by atoms with E-state index >= 15 is 0 Å². The van der Waals surface area contributed by atoms with Crippen molar-refractivity contribution in [3.63, 3.8) is 0 Å². The molecule has 0 spiro atoms. The summed E-state index contributed by atoms with van der Waals surface area (Å²) in [4.78, 5) is 2.55. The van der Waals surface area contributed by atoms with E-state index in [4.69, 9.17) is 0 Å². The van der Waals surface area contributed by atoms with Crippen LogP contribution in [0.1, 0.15) is 53.4 Å². The Morgan fingerprint density at radius 1 is 1.07 bits per heavy atom. The van der Waals surface area contributed by atoms with Crippen molar-refractivity contribution in [1.29, 1.82) is 0 Å². The van der Waals surface area contributed by atoms with Gasteiger partial charge in [-0.15, -0.1) is 0 Å². The molecule has 0 aliphatic carbocycles. The number of hydrogen-bond donors (Lipinski definition) is 1. The van der Waals surface area contributed by atoms with Crippen LogP contribution in [0.3, 0.4) is 0 Å². The molecule has 0 fully saturated rings. The summed E-state index contributed by atoms with van der Waals surface area (Å²) in [6.45, 7) is 13.8. The minimum absolute atomic E-state index is 0.729. The van der Waals surface area contributed by atoms with E-state index < -0.39 is 0 Å². The molecule has 0 saturated heterocycles. The molecule has 2 heteroatoms. The minimum Gasteiger partial charge on any atom is -0.315 e. The van der Waals surface area contributed by atoms with E-state index in [-0.39, 0.29) is 0 Å². The van der Waals surface area contributed by atoms with Crippen molar-refractivity contribution >= 4 is 0 Å². The minimum atomic E-state index is 0.729. The summed E-state index contributed by atoms with van der Waals surface area (Å²) in [6.07, 6.45) is 5.25. The van der Waals surface area contributed by atoms with Crippen molar-refractivity contribution in [3.05, 3.63) is 0 Å². The molecular formula is C13H30N2. The van der Waals surface area contributed by atoms with Crippen LogP contribution in [-0.2, 0) is 0 Å². The topological polar surface area (TPSA) is 15.3 Å². The highest BCUT2D eigenvalue weighted by Crippen LogP contribution is 2.01. The van der Waals surface area contributed by atoms with Crippen LogP contribution in [0.25, 0.3) is 0 Å². The predicted molar refractivity (Wildman–Crippen MR) is 69.4 cm³/mol. The van der Waals surface area contributed by atoms with Gasteiger partial charge in [-0.1, -0.05) is 33.6 Å². The smallest absolute Gasteiger partial charge is 0.0110 e. The Hall–Kier alpha value is -0.0800. The summed E-state index contributed by atoms with van der Waals surface area (Å²) in [5.41, 5.74) is 0. The number of nitrogens with zero attached hydrogens (tertiary/aromatic N) is 1. The monoisotopic (exact) mass is 214 g/mol. The summed E-state index contributed by atoms with van der Waals surface area (Å²) in [7, 11) is 0. The highest BCUT2D eigenvalue weighted by atomic mass is 15.2. The zero-order valence-electron chi connectivity index (χ0n) is 11.2. The van der Waals surface area contributed by atoms with Gasteiger partial charge in [0.1, 0.15) is 0 Å². The molecule has 2 nitrogen and oxygen atoms in total. The van der Waals surface area contributed by atoms with Crippen molar-refractivity contribution in [1.82, 2.24) is 10.2 Å². The van der Waals surface area contributed by atoms with E-state index in [0.717, 1.165) is 12.6 Å². The first-order valence-electron chi connectivity index (χ1n) is 6.70. The van der Waals surface area contributed by atoms with Gasteiger partial charge < -0.3 is 5.32 Å². The Bertz CT molecular complexity index is 126. The number of unbranched alkanes of at least 4 members (excludes halogenated alkanes) is 2. The van der Waals surface area contributed by atoms with E-state index in [0.29, 0.717) is 0 Å². The zero-order chi connectivity index (χ0) is 11.5. The Labute approximate surface area is 96.4 Å². The molecule has 92 valence electrons. The van der Waals surface area contributed by atoms with Crippen molar-refractivity contribution < 1.29 is 0 Å². The maximum Gasteiger partial charge on any atom is 0.0110 e. The van der Waals surface area contributed by atoms with Gasteiger partial charge in [0.25, 0.3) is 0 Å². The largest absolute Gasteiger partial charge is 0.315 e. The standard InChI is InChI=1S/C13H30N2/c1-5-8-9-10-14-11-12-15(7-3)13(4)6-2/h13-14H,5-12H2,1-4H3. The molecule has 0 saturated carbocycles. The second-order valence-corrected chi connectivity index (χ2v) is 4.34. The van der Waals surface area contributed by atoms with Crippen LogP contribution >= 0.6 is 0 Å². The Morgan fingerprint density at radius 3 is 2.33 bits per heavy atom. The first-order chi connectivity index (χ1) is 7.26. The molecule has 0 aromatic heterocycles. The predicted octanol–water partition coefficient (Wildman–Crippen LogP) is 2.89. The number of likely N-dealkylation sites (N-methyl/N-ethyl adjacent to an activating group) is 1. The third kappa shape index (κ3) is 7.80. The van der Waals surface area contributed by atoms with Gasteiger partial charge in [0.2, 0.25) is 0 Å². The quantitative estimate of drug-likeness (QED) is 0.563. The molecule has 15 heavy (non-hydrogen) atoms. The second-order valence-electron chi connectivity index (χ2n) is 4.34. The molecule has 0 aliphatic heterocycles. The highest BCUT2D eigenvalue weighted by molar-refractivity contribution is 4.65. The average molecular weight is 214 g/mol. The average Bonchev–Trinajstić information content (AvgIpc) is 2.27. The van der Waals surface area contributed by atoms with Crippen molar-refractivity contribution in [2.24, 2.45) is 0 Å². The Kier molecular flexibility index (Phi) is 10.4. The third-order valence-corrected chi connectivity index (χ3v) is 3.15. The van der Waals surface area contributed by atoms with Crippen molar-refractivity contribution in [2.45, 2.75) is 59.4 Å². The normalized spacial score (nSPS) is 13.4. The molecular weight excluding hydrogens is 184 g/mol. The lowest BCUT2D eigenvalue weighted by Gasteiger charge is -2.26. The van der Waals surface area contributed by atoms with Gasteiger partial charge in [-0.2, -0.15) is 0 Å². The van der Waals surface area contributed by atoms with E-state index in [9.17, 15) is 0 Å². The maximum atomic E-state index is 3.52. The third-order valence-electron chi connectivity index (χ3n) is 3.15. The summed E-state index contributed by atoms with van der Waals surface area (Å²) in [5.74, 6) is 0. The Morgan fingerprint density at radius 2 is 1.80 bits per heavy atom. The lowest BCUT2D eigenvalue weighted by Crippen LogP contribution is -2.38. The molecule has 0 aromatic rings. The summed E-state index contributed by atoms with van der Waals surface area (Å²) in [5, 5.41) is 3.52. The van der Waals surface area contributed by atoms with Crippen LogP contribution in [0, 0.1) is 0 Å². The summed E-state index contributed by atoms with van der Waals surface area (Å²) in [6, 6.07) is 0.729. The molecule has 1 unspecified atom stereocenters. The van der Waals surface area contributed by atoms with Crippen LogP contribution in [0.15, 0.2) is 0 Å². The van der Waals surface area contributed by atoms with Crippen LogP contribution in [0.5, 0.6) is 0 Å². The van der Waals surface area contributed by atoms with Crippen LogP contribution < -0.4 is 5.32 Å².